The van der Waals surface area contributed by atoms with E-state index in [2.05, 4.69) is 5.32 Å². The van der Waals surface area contributed by atoms with E-state index in [4.69, 9.17) is 4.74 Å². The number of benzene rings is 2. The van der Waals surface area contributed by atoms with Crippen LogP contribution >= 0.6 is 0 Å². The van der Waals surface area contributed by atoms with E-state index in [1.54, 1.807) is 0 Å². The molecular formula is C20H23NO3. The highest BCUT2D eigenvalue weighted by Crippen LogP contribution is 2.13. The van der Waals surface area contributed by atoms with Gasteiger partial charge in [0.2, 0.25) is 0 Å². The molecule has 0 bridgehead atoms. The zero-order chi connectivity index (χ0) is 17.7. The van der Waals surface area contributed by atoms with Crippen LogP contribution in [0.25, 0.3) is 0 Å². The Bertz CT molecular complexity index is 732. The number of carbonyl (C=O) groups is 2. The molecule has 0 aliphatic carbocycles. The topological polar surface area (TPSA) is 55.4 Å². The van der Waals surface area contributed by atoms with Crippen molar-refractivity contribution in [3.8, 4) is 0 Å². The molecule has 1 N–H and O–H groups in total. The smallest absolute Gasteiger partial charge is 0.328 e. The Morgan fingerprint density at radius 1 is 1.04 bits per heavy atom. The van der Waals surface area contributed by atoms with Crippen LogP contribution in [0, 0.1) is 20.8 Å². The van der Waals surface area contributed by atoms with Crippen molar-refractivity contribution in [3.63, 3.8) is 0 Å². The van der Waals surface area contributed by atoms with E-state index in [0.29, 0.717) is 12.0 Å². The standard InChI is InChI=1S/C20H23NO3/c1-13-9-14(2)11-17(10-13)19(22)21-18(20(23)24-4)12-16-8-6-5-7-15(16)3/h5-11,18H,12H2,1-4H3,(H,21,22)/t18-/m1/s1. The lowest BCUT2D eigenvalue weighted by Crippen LogP contribution is -2.43. The zero-order valence-electron chi connectivity index (χ0n) is 14.6. The van der Waals surface area contributed by atoms with Gasteiger partial charge in [-0.1, -0.05) is 41.5 Å². The first kappa shape index (κ1) is 17.7. The van der Waals surface area contributed by atoms with Crippen LogP contribution in [0.4, 0.5) is 0 Å². The highest BCUT2D eigenvalue weighted by atomic mass is 16.5. The van der Waals surface area contributed by atoms with Crippen molar-refractivity contribution >= 4 is 11.9 Å². The number of aryl methyl sites for hydroxylation is 3. The van der Waals surface area contributed by atoms with Gasteiger partial charge in [-0.2, -0.15) is 0 Å². The van der Waals surface area contributed by atoms with Crippen LogP contribution in [0.2, 0.25) is 0 Å². The van der Waals surface area contributed by atoms with Gasteiger partial charge < -0.3 is 10.1 Å². The summed E-state index contributed by atoms with van der Waals surface area (Å²) in [7, 11) is 1.33. The van der Waals surface area contributed by atoms with Gasteiger partial charge in [0.05, 0.1) is 7.11 Å². The number of hydrogen-bond donors (Lipinski definition) is 1. The summed E-state index contributed by atoms with van der Waals surface area (Å²) in [4.78, 5) is 24.6. The minimum absolute atomic E-state index is 0.272. The summed E-state index contributed by atoms with van der Waals surface area (Å²) < 4.78 is 4.85. The molecule has 126 valence electrons. The Kier molecular flexibility index (Phi) is 5.74. The van der Waals surface area contributed by atoms with Crippen LogP contribution in [0.3, 0.4) is 0 Å². The van der Waals surface area contributed by atoms with Gasteiger partial charge in [0.15, 0.2) is 0 Å². The van der Waals surface area contributed by atoms with Crippen LogP contribution in [-0.2, 0) is 16.0 Å². The van der Waals surface area contributed by atoms with E-state index in [0.717, 1.165) is 22.3 Å². The summed E-state index contributed by atoms with van der Waals surface area (Å²) in [6.45, 7) is 5.86. The maximum Gasteiger partial charge on any atom is 0.328 e. The van der Waals surface area contributed by atoms with Gasteiger partial charge in [-0.25, -0.2) is 4.79 Å². The van der Waals surface area contributed by atoms with Crippen LogP contribution in [0.5, 0.6) is 0 Å². The van der Waals surface area contributed by atoms with Crippen LogP contribution in [0.1, 0.15) is 32.6 Å². The lowest BCUT2D eigenvalue weighted by Gasteiger charge is -2.18. The summed E-state index contributed by atoms with van der Waals surface area (Å²) in [5, 5.41) is 2.80. The predicted molar refractivity (Wildman–Crippen MR) is 94.1 cm³/mol. The number of amides is 1. The van der Waals surface area contributed by atoms with Crippen molar-refractivity contribution in [1.82, 2.24) is 5.32 Å². The van der Waals surface area contributed by atoms with Gasteiger partial charge >= 0.3 is 5.97 Å². The second-order valence-electron chi connectivity index (χ2n) is 6.06. The molecule has 0 saturated heterocycles. The molecule has 2 aromatic rings. The Morgan fingerprint density at radius 2 is 1.67 bits per heavy atom. The first-order valence-corrected chi connectivity index (χ1v) is 7.92. The molecule has 24 heavy (non-hydrogen) atoms. The first-order valence-electron chi connectivity index (χ1n) is 7.92. The van der Waals surface area contributed by atoms with E-state index in [1.165, 1.54) is 7.11 Å². The number of hydrogen-bond acceptors (Lipinski definition) is 3. The predicted octanol–water partition coefficient (Wildman–Crippen LogP) is 3.13. The molecule has 0 fully saturated rings. The molecule has 0 aromatic heterocycles. The van der Waals surface area contributed by atoms with Gasteiger partial charge in [-0.05, 0) is 44.0 Å². The SMILES string of the molecule is COC(=O)[C@@H](Cc1ccccc1C)NC(=O)c1cc(C)cc(C)c1. The maximum absolute atomic E-state index is 12.5. The van der Waals surface area contributed by atoms with Crippen molar-refractivity contribution in [2.75, 3.05) is 7.11 Å². The van der Waals surface area contributed by atoms with Crippen LogP contribution in [0.15, 0.2) is 42.5 Å². The van der Waals surface area contributed by atoms with E-state index in [9.17, 15) is 9.59 Å². The molecule has 0 saturated carbocycles. The molecule has 4 heteroatoms. The maximum atomic E-state index is 12.5. The molecule has 0 unspecified atom stereocenters. The molecule has 2 aromatic carbocycles. The lowest BCUT2D eigenvalue weighted by atomic mass is 10.0. The summed E-state index contributed by atoms with van der Waals surface area (Å²) in [5.74, 6) is -0.721. The zero-order valence-corrected chi connectivity index (χ0v) is 14.6. The Hall–Kier alpha value is -2.62. The van der Waals surface area contributed by atoms with Gasteiger partial charge in [0.25, 0.3) is 5.91 Å². The quantitative estimate of drug-likeness (QED) is 0.859. The number of methoxy groups -OCH3 is 1. The molecule has 1 atom stereocenters. The first-order chi connectivity index (χ1) is 11.4. The molecule has 0 aliphatic heterocycles. The number of carbonyl (C=O) groups excluding carboxylic acids is 2. The van der Waals surface area contributed by atoms with Crippen molar-refractivity contribution in [1.29, 1.82) is 0 Å². The molecule has 0 heterocycles. The third-order valence-electron chi connectivity index (χ3n) is 3.96. The fraction of sp³-hybridized carbons (Fsp3) is 0.300. The molecule has 1 amide bonds. The second kappa shape index (κ2) is 7.77. The van der Waals surface area contributed by atoms with Crippen molar-refractivity contribution < 1.29 is 14.3 Å². The summed E-state index contributed by atoms with van der Waals surface area (Å²) >= 11 is 0. The highest BCUT2D eigenvalue weighted by Gasteiger charge is 2.23. The minimum atomic E-state index is -0.718. The molecule has 4 nitrogen and oxygen atoms in total. The summed E-state index contributed by atoms with van der Waals surface area (Å²) in [6, 6.07) is 12.7. The Labute approximate surface area is 142 Å². The number of ether oxygens (including phenoxy) is 1. The van der Waals surface area contributed by atoms with Gasteiger partial charge in [-0.15, -0.1) is 0 Å². The van der Waals surface area contributed by atoms with Crippen LogP contribution in [-0.4, -0.2) is 25.0 Å². The molecule has 2 rings (SSSR count). The van der Waals surface area contributed by atoms with Crippen molar-refractivity contribution in [3.05, 3.63) is 70.3 Å². The van der Waals surface area contributed by atoms with Crippen molar-refractivity contribution in [2.24, 2.45) is 0 Å². The van der Waals surface area contributed by atoms with E-state index < -0.39 is 12.0 Å². The normalized spacial score (nSPS) is 11.7. The van der Waals surface area contributed by atoms with Gasteiger partial charge in [0, 0.05) is 12.0 Å². The Balaban J connectivity index is 2.21. The average molecular weight is 325 g/mol. The number of rotatable bonds is 5. The van der Waals surface area contributed by atoms with E-state index in [-0.39, 0.29) is 5.91 Å². The number of esters is 1. The highest BCUT2D eigenvalue weighted by molar-refractivity contribution is 5.97. The summed E-state index contributed by atoms with van der Waals surface area (Å²) in [6.07, 6.45) is 0.399. The van der Waals surface area contributed by atoms with E-state index >= 15 is 0 Å². The largest absolute Gasteiger partial charge is 0.467 e. The average Bonchev–Trinajstić information content (AvgIpc) is 2.54. The Morgan fingerprint density at radius 3 is 2.25 bits per heavy atom. The molecule has 0 radical (unpaired) electrons. The van der Waals surface area contributed by atoms with Gasteiger partial charge in [-0.3, -0.25) is 4.79 Å². The molecule has 0 aliphatic rings. The molecular weight excluding hydrogens is 302 g/mol. The third-order valence-corrected chi connectivity index (χ3v) is 3.96. The fourth-order valence-electron chi connectivity index (χ4n) is 2.74. The number of nitrogens with one attached hydrogen (secondary N) is 1. The minimum Gasteiger partial charge on any atom is -0.467 e. The third kappa shape index (κ3) is 4.44. The fourth-order valence-corrected chi connectivity index (χ4v) is 2.74. The lowest BCUT2D eigenvalue weighted by molar-refractivity contribution is -0.142. The van der Waals surface area contributed by atoms with Crippen molar-refractivity contribution in [2.45, 2.75) is 33.2 Å². The summed E-state index contributed by atoms with van der Waals surface area (Å²) in [5.41, 5.74) is 4.65. The van der Waals surface area contributed by atoms with Gasteiger partial charge in [0.1, 0.15) is 6.04 Å². The monoisotopic (exact) mass is 325 g/mol. The molecule has 0 spiro atoms. The van der Waals surface area contributed by atoms with Crippen LogP contribution < -0.4 is 5.32 Å². The van der Waals surface area contributed by atoms with E-state index in [1.807, 2.05) is 63.2 Å². The second-order valence-corrected chi connectivity index (χ2v) is 6.06.